The van der Waals surface area contributed by atoms with Crippen LogP contribution < -0.4 is 9.47 Å². The highest BCUT2D eigenvalue weighted by molar-refractivity contribution is 5.70. The predicted molar refractivity (Wildman–Crippen MR) is 110 cm³/mol. The second-order valence-corrected chi connectivity index (χ2v) is 7.16. The number of nitrogens with zero attached hydrogens (tertiary/aromatic N) is 3. The van der Waals surface area contributed by atoms with Crippen molar-refractivity contribution < 1.29 is 19.4 Å². The van der Waals surface area contributed by atoms with Crippen molar-refractivity contribution in [1.29, 1.82) is 0 Å². The van der Waals surface area contributed by atoms with Crippen molar-refractivity contribution in [1.82, 2.24) is 20.6 Å². The number of H-pyrrole nitrogens is 1. The average Bonchev–Trinajstić information content (AvgIpc) is 3.43. The number of aliphatic carboxylic acids is 1. The summed E-state index contributed by atoms with van der Waals surface area (Å²) in [6, 6.07) is 16.1. The molecule has 2 aromatic carbocycles. The van der Waals surface area contributed by atoms with Gasteiger partial charge < -0.3 is 14.6 Å². The van der Waals surface area contributed by atoms with Gasteiger partial charge in [0.1, 0.15) is 0 Å². The van der Waals surface area contributed by atoms with E-state index < -0.39 is 11.9 Å². The smallest absolute Gasteiger partial charge is 0.306 e. The fraction of sp³-hybridized carbons (Fsp3) is 0.364. The van der Waals surface area contributed by atoms with Gasteiger partial charge >= 0.3 is 5.97 Å². The molecule has 0 saturated heterocycles. The number of aromatic nitrogens is 4. The summed E-state index contributed by atoms with van der Waals surface area (Å²) >= 11 is 0. The first-order valence-electron chi connectivity index (χ1n) is 9.97. The molecule has 0 unspecified atom stereocenters. The third-order valence-electron chi connectivity index (χ3n) is 4.81. The Labute approximate surface area is 175 Å². The zero-order valence-electron chi connectivity index (χ0n) is 17.0. The van der Waals surface area contributed by atoms with Gasteiger partial charge in [-0.05, 0) is 49.4 Å². The molecule has 8 heteroatoms. The van der Waals surface area contributed by atoms with E-state index in [-0.39, 0.29) is 0 Å². The summed E-state index contributed by atoms with van der Waals surface area (Å²) in [7, 11) is 0. The highest BCUT2D eigenvalue weighted by Crippen LogP contribution is 2.31. The molecule has 0 aliphatic carbocycles. The summed E-state index contributed by atoms with van der Waals surface area (Å²) in [6.07, 6.45) is 3.81. The lowest BCUT2D eigenvalue weighted by Gasteiger charge is -2.09. The average molecular weight is 410 g/mol. The van der Waals surface area contributed by atoms with Gasteiger partial charge in [-0.1, -0.05) is 48.0 Å². The molecule has 3 aromatic rings. The van der Waals surface area contributed by atoms with E-state index in [9.17, 15) is 9.90 Å². The largest absolute Gasteiger partial charge is 0.481 e. The Balaban J connectivity index is 0.000000212. The van der Waals surface area contributed by atoms with Crippen molar-refractivity contribution in [3.8, 4) is 11.5 Å². The molecule has 1 atom stereocenters. The fourth-order valence-electron chi connectivity index (χ4n) is 3.17. The third-order valence-corrected chi connectivity index (χ3v) is 4.81. The maximum absolute atomic E-state index is 11.2. The molecule has 0 amide bonds. The van der Waals surface area contributed by atoms with Crippen LogP contribution in [0, 0.1) is 12.8 Å². The number of nitrogens with one attached hydrogen (secondary N) is 1. The third kappa shape index (κ3) is 6.58. The van der Waals surface area contributed by atoms with Gasteiger partial charge in [-0.2, -0.15) is 5.21 Å². The zero-order chi connectivity index (χ0) is 21.2. The summed E-state index contributed by atoms with van der Waals surface area (Å²) in [5.41, 5.74) is 2.49. The molecule has 4 rings (SSSR count). The van der Waals surface area contributed by atoms with Crippen molar-refractivity contribution in [2.45, 2.75) is 39.0 Å². The first kappa shape index (κ1) is 21.3. The van der Waals surface area contributed by atoms with Crippen LogP contribution in [0.15, 0.2) is 48.5 Å². The predicted octanol–water partition coefficient (Wildman–Crippen LogP) is 3.58. The quantitative estimate of drug-likeness (QED) is 0.546. The summed E-state index contributed by atoms with van der Waals surface area (Å²) in [5.74, 6) is 0.934. The van der Waals surface area contributed by atoms with Gasteiger partial charge in [0.25, 0.3) is 0 Å². The number of carboxylic acid groups (broad SMARTS) is 1. The van der Waals surface area contributed by atoms with Crippen molar-refractivity contribution in [3.05, 3.63) is 65.5 Å². The van der Waals surface area contributed by atoms with Gasteiger partial charge in [-0.15, -0.1) is 10.2 Å². The van der Waals surface area contributed by atoms with Crippen LogP contribution >= 0.6 is 0 Å². The number of hydrogen-bond acceptors (Lipinski definition) is 6. The van der Waals surface area contributed by atoms with E-state index in [0.717, 1.165) is 30.8 Å². The first-order valence-corrected chi connectivity index (χ1v) is 9.97. The lowest BCUT2D eigenvalue weighted by atomic mass is 9.96. The minimum atomic E-state index is -0.797. The molecule has 30 heavy (non-hydrogen) atoms. The summed E-state index contributed by atoms with van der Waals surface area (Å²) < 4.78 is 10.3. The number of ether oxygens (including phenoxy) is 2. The van der Waals surface area contributed by atoms with Crippen molar-refractivity contribution >= 4 is 5.97 Å². The maximum atomic E-state index is 11.2. The minimum absolute atomic E-state index is 0.331. The van der Waals surface area contributed by atoms with E-state index >= 15 is 0 Å². The molecule has 8 nitrogen and oxygen atoms in total. The molecule has 2 N–H and O–H groups in total. The Morgan fingerprint density at radius 1 is 1.13 bits per heavy atom. The standard InChI is InChI=1S/C14H18N4O2.C8H8O2/c19-14(20)12(10-13-15-17-18-16-13)9-5-4-8-11-6-2-1-3-7-11;1-6-2-3-7-8(4-6)10-5-9-7/h1-3,6-7,12H,4-5,8-10H2,(H,19,20)(H,15,16,17,18);2-4H,5H2,1H3/t12-;/m0./s1. The molecule has 0 bridgehead atoms. The Hall–Kier alpha value is -3.42. The topological polar surface area (TPSA) is 110 Å². The molecular formula is C22H26N4O4. The monoisotopic (exact) mass is 410 g/mol. The molecule has 2 heterocycles. The SMILES string of the molecule is Cc1ccc2c(c1)OCO2.O=C(O)[C@@H](CCCCc1ccccc1)Cc1nn[nH]n1. The van der Waals surface area contributed by atoms with Gasteiger partial charge in [0, 0.05) is 6.42 Å². The Kier molecular flexibility index (Phi) is 7.77. The first-order chi connectivity index (χ1) is 14.6. The molecule has 0 fully saturated rings. The van der Waals surface area contributed by atoms with Crippen LogP contribution in [0.5, 0.6) is 11.5 Å². The van der Waals surface area contributed by atoms with E-state index in [0.29, 0.717) is 25.5 Å². The van der Waals surface area contributed by atoms with Crippen LogP contribution in [0.4, 0.5) is 0 Å². The Morgan fingerprint density at radius 3 is 2.67 bits per heavy atom. The van der Waals surface area contributed by atoms with Gasteiger partial charge in [0.2, 0.25) is 6.79 Å². The van der Waals surface area contributed by atoms with E-state index in [1.807, 2.05) is 43.3 Å². The molecule has 1 aliphatic rings. The van der Waals surface area contributed by atoms with E-state index in [1.54, 1.807) is 0 Å². The lowest BCUT2D eigenvalue weighted by Crippen LogP contribution is -2.17. The number of hydrogen-bond donors (Lipinski definition) is 2. The van der Waals surface area contributed by atoms with Crippen molar-refractivity contribution in [2.24, 2.45) is 5.92 Å². The van der Waals surface area contributed by atoms with Crippen LogP contribution in [0.1, 0.15) is 36.2 Å². The van der Waals surface area contributed by atoms with Crippen molar-refractivity contribution in [2.75, 3.05) is 6.79 Å². The number of carbonyl (C=O) groups is 1. The highest BCUT2D eigenvalue weighted by Gasteiger charge is 2.19. The highest BCUT2D eigenvalue weighted by atomic mass is 16.7. The summed E-state index contributed by atoms with van der Waals surface area (Å²) in [4.78, 5) is 11.2. The fourth-order valence-corrected chi connectivity index (χ4v) is 3.17. The normalized spacial score (nSPS) is 12.7. The molecule has 1 aromatic heterocycles. The van der Waals surface area contributed by atoms with Crippen LogP contribution in [-0.2, 0) is 17.6 Å². The van der Waals surface area contributed by atoms with E-state index in [4.69, 9.17) is 9.47 Å². The Bertz CT molecular complexity index is 916. The molecular weight excluding hydrogens is 384 g/mol. The second-order valence-electron chi connectivity index (χ2n) is 7.16. The second kappa shape index (κ2) is 10.9. The van der Waals surface area contributed by atoms with Gasteiger partial charge in [0.05, 0.1) is 5.92 Å². The van der Waals surface area contributed by atoms with Gasteiger partial charge in [0.15, 0.2) is 17.3 Å². The molecule has 158 valence electrons. The number of aromatic amines is 1. The molecule has 0 radical (unpaired) electrons. The number of unbranched alkanes of at least 4 members (excludes halogenated alkanes) is 1. The molecule has 0 spiro atoms. The van der Waals surface area contributed by atoms with Crippen LogP contribution in [0.25, 0.3) is 0 Å². The van der Waals surface area contributed by atoms with Crippen LogP contribution in [0.3, 0.4) is 0 Å². The zero-order valence-corrected chi connectivity index (χ0v) is 17.0. The maximum Gasteiger partial charge on any atom is 0.306 e. The summed E-state index contributed by atoms with van der Waals surface area (Å²) in [6.45, 7) is 2.39. The lowest BCUT2D eigenvalue weighted by molar-refractivity contribution is -0.142. The number of aryl methyl sites for hydroxylation is 2. The van der Waals surface area contributed by atoms with Gasteiger partial charge in [-0.3, -0.25) is 4.79 Å². The number of benzene rings is 2. The molecule has 1 aliphatic heterocycles. The number of rotatable bonds is 8. The number of tetrazole rings is 1. The Morgan fingerprint density at radius 2 is 1.93 bits per heavy atom. The van der Waals surface area contributed by atoms with E-state index in [1.165, 1.54) is 11.1 Å². The minimum Gasteiger partial charge on any atom is -0.481 e. The van der Waals surface area contributed by atoms with Crippen molar-refractivity contribution in [3.63, 3.8) is 0 Å². The van der Waals surface area contributed by atoms with Gasteiger partial charge in [-0.25, -0.2) is 0 Å². The number of carboxylic acids is 1. The van der Waals surface area contributed by atoms with Crippen LogP contribution in [-0.4, -0.2) is 38.5 Å². The number of fused-ring (bicyclic) bond motifs is 1. The van der Waals surface area contributed by atoms with Crippen LogP contribution in [0.2, 0.25) is 0 Å². The van der Waals surface area contributed by atoms with E-state index in [2.05, 4.69) is 32.8 Å². The summed E-state index contributed by atoms with van der Waals surface area (Å²) in [5, 5.41) is 22.6. The molecule has 0 saturated carbocycles.